The van der Waals surface area contributed by atoms with Gasteiger partial charge in [-0.15, -0.1) is 0 Å². The van der Waals surface area contributed by atoms with Crippen molar-refractivity contribution in [2.24, 2.45) is 11.5 Å². The quantitative estimate of drug-likeness (QED) is 0.885. The fourth-order valence-electron chi connectivity index (χ4n) is 2.12. The molecule has 99 valence electrons. The molecular formula is C15H16FN2O. The molecule has 0 aliphatic rings. The van der Waals surface area contributed by atoms with Gasteiger partial charge < -0.3 is 16.2 Å². The first-order valence-electron chi connectivity index (χ1n) is 5.97. The van der Waals surface area contributed by atoms with Gasteiger partial charge in [0.1, 0.15) is 11.6 Å². The summed E-state index contributed by atoms with van der Waals surface area (Å²) in [4.78, 5) is 0. The van der Waals surface area contributed by atoms with Crippen LogP contribution >= 0.6 is 0 Å². The molecule has 0 aliphatic carbocycles. The Bertz CT molecular complexity index is 562. The Balaban J connectivity index is 2.70. The Hall–Kier alpha value is -1.91. The second-order valence-corrected chi connectivity index (χ2v) is 4.11. The lowest BCUT2D eigenvalue weighted by atomic mass is 9.94. The van der Waals surface area contributed by atoms with Crippen molar-refractivity contribution in [3.8, 4) is 16.9 Å². The molecule has 0 saturated heterocycles. The van der Waals surface area contributed by atoms with E-state index in [1.54, 1.807) is 25.3 Å². The van der Waals surface area contributed by atoms with E-state index in [9.17, 15) is 4.39 Å². The predicted molar refractivity (Wildman–Crippen MR) is 73.0 cm³/mol. The molecule has 0 amide bonds. The summed E-state index contributed by atoms with van der Waals surface area (Å²) in [6, 6.07) is 11.2. The third-order valence-corrected chi connectivity index (χ3v) is 3.02. The summed E-state index contributed by atoms with van der Waals surface area (Å²) < 4.78 is 18.7. The van der Waals surface area contributed by atoms with Gasteiger partial charge in [0.05, 0.1) is 7.11 Å². The molecule has 0 fully saturated rings. The van der Waals surface area contributed by atoms with Gasteiger partial charge in [-0.2, -0.15) is 0 Å². The molecule has 1 radical (unpaired) electrons. The van der Waals surface area contributed by atoms with E-state index >= 15 is 0 Å². The number of benzene rings is 2. The van der Waals surface area contributed by atoms with Crippen molar-refractivity contribution in [2.75, 3.05) is 7.11 Å². The van der Waals surface area contributed by atoms with E-state index in [4.69, 9.17) is 16.2 Å². The normalized spacial score (nSPS) is 10.5. The molecule has 0 aliphatic heterocycles. The molecule has 0 unspecified atom stereocenters. The second-order valence-electron chi connectivity index (χ2n) is 4.11. The van der Waals surface area contributed by atoms with Crippen LogP contribution in [-0.2, 0) is 13.1 Å². The molecule has 0 saturated carbocycles. The average Bonchev–Trinajstić information content (AvgIpc) is 2.46. The van der Waals surface area contributed by atoms with Gasteiger partial charge in [0.25, 0.3) is 0 Å². The highest BCUT2D eigenvalue weighted by atomic mass is 19.1. The van der Waals surface area contributed by atoms with E-state index < -0.39 is 0 Å². The summed E-state index contributed by atoms with van der Waals surface area (Å²) in [5.74, 6) is 0.373. The van der Waals surface area contributed by atoms with Crippen LogP contribution in [0.1, 0.15) is 11.1 Å². The summed E-state index contributed by atoms with van der Waals surface area (Å²) >= 11 is 0. The number of hydrogen-bond acceptors (Lipinski definition) is 3. The van der Waals surface area contributed by atoms with E-state index in [1.165, 1.54) is 12.1 Å². The first-order chi connectivity index (χ1) is 9.21. The lowest BCUT2D eigenvalue weighted by molar-refractivity contribution is 0.416. The van der Waals surface area contributed by atoms with Gasteiger partial charge in [0.2, 0.25) is 0 Å². The van der Waals surface area contributed by atoms with Gasteiger partial charge >= 0.3 is 0 Å². The molecule has 2 rings (SSSR count). The molecular weight excluding hydrogens is 243 g/mol. The number of nitrogens with two attached hydrogens (primary N) is 2. The lowest BCUT2D eigenvalue weighted by Crippen LogP contribution is -2.05. The fraction of sp³-hybridized carbons (Fsp3) is 0.200. The highest BCUT2D eigenvalue weighted by Crippen LogP contribution is 2.35. The van der Waals surface area contributed by atoms with Crippen molar-refractivity contribution >= 4 is 0 Å². The smallest absolute Gasteiger partial charge is 0.127 e. The Morgan fingerprint density at radius 2 is 2.00 bits per heavy atom. The summed E-state index contributed by atoms with van der Waals surface area (Å²) in [5.41, 5.74) is 14.6. The van der Waals surface area contributed by atoms with Crippen LogP contribution in [0.25, 0.3) is 11.1 Å². The monoisotopic (exact) mass is 259 g/mol. The Labute approximate surface area is 112 Å². The number of hydrogen-bond donors (Lipinski definition) is 2. The van der Waals surface area contributed by atoms with E-state index in [2.05, 4.69) is 6.07 Å². The van der Waals surface area contributed by atoms with Crippen molar-refractivity contribution in [2.45, 2.75) is 13.1 Å². The van der Waals surface area contributed by atoms with E-state index in [0.717, 1.165) is 16.7 Å². The highest BCUT2D eigenvalue weighted by Gasteiger charge is 2.14. The zero-order chi connectivity index (χ0) is 13.8. The van der Waals surface area contributed by atoms with Crippen LogP contribution < -0.4 is 16.2 Å². The molecule has 0 heterocycles. The van der Waals surface area contributed by atoms with Gasteiger partial charge in [0.15, 0.2) is 0 Å². The third-order valence-electron chi connectivity index (χ3n) is 3.02. The lowest BCUT2D eigenvalue weighted by Gasteiger charge is -2.15. The summed E-state index contributed by atoms with van der Waals surface area (Å²) in [6.07, 6.45) is 0. The van der Waals surface area contributed by atoms with Crippen LogP contribution in [0.15, 0.2) is 30.3 Å². The molecule has 4 N–H and O–H groups in total. The van der Waals surface area contributed by atoms with Gasteiger partial charge in [-0.05, 0) is 41.0 Å². The molecule has 0 spiro atoms. The van der Waals surface area contributed by atoms with E-state index in [0.29, 0.717) is 17.9 Å². The standard InChI is InChI=1S/C15H16FN2O/c1-19-14-4-2-3-10(8-17)15(14)13-6-5-12(16)7-11(13)9-18/h2,4-7H,8-9,17-18H2,1H3. The average molecular weight is 259 g/mol. The van der Waals surface area contributed by atoms with Crippen LogP contribution in [-0.4, -0.2) is 7.11 Å². The van der Waals surface area contributed by atoms with Crippen molar-refractivity contribution in [3.05, 3.63) is 53.3 Å². The minimum atomic E-state index is -0.308. The first kappa shape index (κ1) is 13.5. The zero-order valence-electron chi connectivity index (χ0n) is 10.7. The van der Waals surface area contributed by atoms with E-state index in [1.807, 2.05) is 0 Å². The van der Waals surface area contributed by atoms with Gasteiger partial charge in [-0.25, -0.2) is 4.39 Å². The second kappa shape index (κ2) is 5.82. The van der Waals surface area contributed by atoms with Crippen LogP contribution in [0.4, 0.5) is 4.39 Å². The maximum Gasteiger partial charge on any atom is 0.127 e. The van der Waals surface area contributed by atoms with Gasteiger partial charge in [-0.3, -0.25) is 0 Å². The van der Waals surface area contributed by atoms with Crippen molar-refractivity contribution < 1.29 is 9.13 Å². The molecule has 0 bridgehead atoms. The molecule has 2 aromatic carbocycles. The van der Waals surface area contributed by atoms with Gasteiger partial charge in [0, 0.05) is 18.7 Å². The zero-order valence-corrected chi connectivity index (χ0v) is 10.7. The Morgan fingerprint density at radius 1 is 1.21 bits per heavy atom. The number of halogens is 1. The fourth-order valence-corrected chi connectivity index (χ4v) is 2.12. The number of ether oxygens (including phenoxy) is 1. The van der Waals surface area contributed by atoms with Crippen molar-refractivity contribution in [3.63, 3.8) is 0 Å². The third kappa shape index (κ3) is 2.59. The minimum Gasteiger partial charge on any atom is -0.496 e. The highest BCUT2D eigenvalue weighted by molar-refractivity contribution is 5.76. The number of methoxy groups -OCH3 is 1. The Morgan fingerprint density at radius 3 is 2.63 bits per heavy atom. The van der Waals surface area contributed by atoms with Gasteiger partial charge in [-0.1, -0.05) is 12.1 Å². The SMILES string of the molecule is COc1cc[c]c(CN)c1-c1ccc(F)cc1CN. The first-order valence-corrected chi connectivity index (χ1v) is 5.97. The molecule has 19 heavy (non-hydrogen) atoms. The van der Waals surface area contributed by atoms with Crippen molar-refractivity contribution in [1.29, 1.82) is 0 Å². The summed E-state index contributed by atoms with van der Waals surface area (Å²) in [7, 11) is 1.59. The van der Waals surface area contributed by atoms with Crippen LogP contribution in [0.3, 0.4) is 0 Å². The topological polar surface area (TPSA) is 61.3 Å². The molecule has 4 heteroatoms. The Kier molecular flexibility index (Phi) is 4.14. The van der Waals surface area contributed by atoms with E-state index in [-0.39, 0.29) is 12.4 Å². The largest absolute Gasteiger partial charge is 0.496 e. The molecule has 0 atom stereocenters. The maximum atomic E-state index is 13.3. The van der Waals surface area contributed by atoms with Crippen molar-refractivity contribution in [1.82, 2.24) is 0 Å². The summed E-state index contributed by atoms with van der Waals surface area (Å²) in [6.45, 7) is 0.572. The molecule has 2 aromatic rings. The predicted octanol–water partition coefficient (Wildman–Crippen LogP) is 2.22. The van der Waals surface area contributed by atoms with Crippen LogP contribution in [0.5, 0.6) is 5.75 Å². The maximum absolute atomic E-state index is 13.3. The summed E-state index contributed by atoms with van der Waals surface area (Å²) in [5, 5.41) is 0. The molecule has 0 aromatic heterocycles. The van der Waals surface area contributed by atoms with Crippen LogP contribution in [0, 0.1) is 11.9 Å². The number of rotatable bonds is 4. The molecule has 3 nitrogen and oxygen atoms in total. The minimum absolute atomic E-state index is 0.245. The van der Waals surface area contributed by atoms with Crippen LogP contribution in [0.2, 0.25) is 0 Å².